The third kappa shape index (κ3) is 1.48. The first-order valence-corrected chi connectivity index (χ1v) is 7.04. The molecule has 0 spiro atoms. The number of nitrogens with zero attached hydrogens (tertiary/aromatic N) is 1. The zero-order valence-corrected chi connectivity index (χ0v) is 11.4. The van der Waals surface area contributed by atoms with Crippen molar-refractivity contribution < 1.29 is 9.59 Å². The average molecular weight is 250 g/mol. The summed E-state index contributed by atoms with van der Waals surface area (Å²) in [5.74, 6) is 0.501. The van der Waals surface area contributed by atoms with E-state index in [1.165, 1.54) is 0 Å². The second-order valence-electron chi connectivity index (χ2n) is 6.67. The van der Waals surface area contributed by atoms with Crippen LogP contribution in [-0.2, 0) is 9.59 Å². The minimum Gasteiger partial charge on any atom is -0.316 e. The molecular weight excluding hydrogens is 228 g/mol. The summed E-state index contributed by atoms with van der Waals surface area (Å²) in [6, 6.07) is 0.0569. The van der Waals surface area contributed by atoms with E-state index in [1.54, 1.807) is 4.90 Å². The van der Waals surface area contributed by atoms with E-state index < -0.39 is 0 Å². The minimum atomic E-state index is -0.0881. The number of fused-ring (bicyclic) bond motifs is 1. The van der Waals surface area contributed by atoms with Crippen molar-refractivity contribution in [3.63, 3.8) is 0 Å². The van der Waals surface area contributed by atoms with E-state index in [2.05, 4.69) is 5.32 Å². The molecule has 3 aliphatic rings. The molecule has 18 heavy (non-hydrogen) atoms. The van der Waals surface area contributed by atoms with Crippen LogP contribution < -0.4 is 5.32 Å². The van der Waals surface area contributed by atoms with E-state index in [4.69, 9.17) is 0 Å². The predicted molar refractivity (Wildman–Crippen MR) is 67.7 cm³/mol. The lowest BCUT2D eigenvalue weighted by Crippen LogP contribution is -2.49. The number of imide groups is 1. The smallest absolute Gasteiger partial charge is 0.233 e. The molecule has 100 valence electrons. The Morgan fingerprint density at radius 2 is 1.89 bits per heavy atom. The van der Waals surface area contributed by atoms with Crippen molar-refractivity contribution in [1.82, 2.24) is 10.2 Å². The number of amides is 2. The first-order chi connectivity index (χ1) is 8.46. The topological polar surface area (TPSA) is 49.4 Å². The highest BCUT2D eigenvalue weighted by Crippen LogP contribution is 2.63. The standard InChI is InChI=1S/C14H22N2O2/c1-8(9-5-4-6-15-7-9)16-12(17)10-11(13(16)18)14(10,2)3/h8-11,15H,4-7H2,1-3H3. The van der Waals surface area contributed by atoms with Crippen molar-refractivity contribution >= 4 is 11.8 Å². The molecule has 1 N–H and O–H groups in total. The van der Waals surface area contributed by atoms with Crippen molar-refractivity contribution in [3.05, 3.63) is 0 Å². The maximum absolute atomic E-state index is 12.3. The highest BCUT2D eigenvalue weighted by Gasteiger charge is 2.73. The van der Waals surface area contributed by atoms with Crippen LogP contribution in [0.3, 0.4) is 0 Å². The van der Waals surface area contributed by atoms with Gasteiger partial charge in [0.25, 0.3) is 0 Å². The van der Waals surface area contributed by atoms with Gasteiger partial charge in [-0.05, 0) is 44.2 Å². The first-order valence-electron chi connectivity index (χ1n) is 7.04. The molecule has 2 heterocycles. The second kappa shape index (κ2) is 3.80. The van der Waals surface area contributed by atoms with Crippen molar-refractivity contribution in [2.24, 2.45) is 23.2 Å². The zero-order chi connectivity index (χ0) is 13.1. The molecule has 1 aliphatic carbocycles. The Balaban J connectivity index is 1.74. The summed E-state index contributed by atoms with van der Waals surface area (Å²) in [7, 11) is 0. The van der Waals surface area contributed by atoms with Crippen LogP contribution in [0.5, 0.6) is 0 Å². The Labute approximate surface area is 108 Å². The Bertz CT molecular complexity index is 375. The molecule has 4 heteroatoms. The average Bonchev–Trinajstić information content (AvgIpc) is 2.80. The van der Waals surface area contributed by atoms with Crippen molar-refractivity contribution in [3.8, 4) is 0 Å². The first kappa shape index (κ1) is 12.2. The lowest BCUT2D eigenvalue weighted by Gasteiger charge is -2.35. The van der Waals surface area contributed by atoms with E-state index >= 15 is 0 Å². The fourth-order valence-electron chi connectivity index (χ4n) is 3.87. The van der Waals surface area contributed by atoms with Gasteiger partial charge in [-0.25, -0.2) is 0 Å². The number of hydrogen-bond acceptors (Lipinski definition) is 3. The monoisotopic (exact) mass is 250 g/mol. The number of carbonyl (C=O) groups is 2. The number of nitrogens with one attached hydrogen (secondary N) is 1. The van der Waals surface area contributed by atoms with Crippen LogP contribution >= 0.6 is 0 Å². The molecule has 0 aromatic heterocycles. The Morgan fingerprint density at radius 1 is 1.28 bits per heavy atom. The minimum absolute atomic E-state index is 0.0380. The largest absolute Gasteiger partial charge is 0.316 e. The summed E-state index contributed by atoms with van der Waals surface area (Å²) in [6.45, 7) is 8.08. The van der Waals surface area contributed by atoms with Crippen LogP contribution in [0, 0.1) is 23.2 Å². The van der Waals surface area contributed by atoms with Gasteiger partial charge in [-0.2, -0.15) is 0 Å². The Morgan fingerprint density at radius 3 is 2.39 bits per heavy atom. The lowest BCUT2D eigenvalue weighted by molar-refractivity contribution is -0.146. The summed E-state index contributed by atoms with van der Waals surface area (Å²) in [5, 5.41) is 3.36. The summed E-state index contributed by atoms with van der Waals surface area (Å²) in [6.07, 6.45) is 2.26. The molecular formula is C14H22N2O2. The molecule has 2 amide bonds. The maximum Gasteiger partial charge on any atom is 0.233 e. The molecule has 3 fully saturated rings. The number of hydrogen-bond donors (Lipinski definition) is 1. The highest BCUT2D eigenvalue weighted by atomic mass is 16.2. The SMILES string of the molecule is CC(C1CCCNC1)N1C(=O)C2C(C1=O)C2(C)C. The third-order valence-corrected chi connectivity index (χ3v) is 5.26. The number of carbonyl (C=O) groups excluding carboxylic acids is 2. The van der Waals surface area contributed by atoms with Crippen LogP contribution in [-0.4, -0.2) is 35.8 Å². The number of piperidine rings is 2. The van der Waals surface area contributed by atoms with Crippen LogP contribution in [0.4, 0.5) is 0 Å². The molecule has 0 bridgehead atoms. The summed E-state index contributed by atoms with van der Waals surface area (Å²) in [5.41, 5.74) is -0.0881. The predicted octanol–water partition coefficient (Wildman–Crippen LogP) is 1.02. The van der Waals surface area contributed by atoms with Crippen LogP contribution in [0.1, 0.15) is 33.6 Å². The molecule has 4 nitrogen and oxygen atoms in total. The van der Waals surface area contributed by atoms with E-state index in [0.29, 0.717) is 5.92 Å². The second-order valence-corrected chi connectivity index (χ2v) is 6.67. The van der Waals surface area contributed by atoms with Gasteiger partial charge in [-0.3, -0.25) is 14.5 Å². The van der Waals surface area contributed by atoms with Crippen molar-refractivity contribution in [1.29, 1.82) is 0 Å². The van der Waals surface area contributed by atoms with Crippen molar-refractivity contribution in [2.75, 3.05) is 13.1 Å². The van der Waals surface area contributed by atoms with Gasteiger partial charge in [0.2, 0.25) is 11.8 Å². The molecule has 2 aliphatic heterocycles. The molecule has 4 atom stereocenters. The fraction of sp³-hybridized carbons (Fsp3) is 0.857. The lowest BCUT2D eigenvalue weighted by atomic mass is 9.91. The maximum atomic E-state index is 12.3. The van der Waals surface area contributed by atoms with E-state index in [1.807, 2.05) is 20.8 Å². The van der Waals surface area contributed by atoms with Crippen LogP contribution in [0.2, 0.25) is 0 Å². The van der Waals surface area contributed by atoms with Gasteiger partial charge in [0, 0.05) is 6.04 Å². The molecule has 0 aromatic carbocycles. The highest BCUT2D eigenvalue weighted by molar-refractivity contribution is 6.10. The van der Waals surface area contributed by atoms with E-state index in [-0.39, 0.29) is 35.1 Å². The Kier molecular flexibility index (Phi) is 2.56. The quantitative estimate of drug-likeness (QED) is 0.744. The van der Waals surface area contributed by atoms with Gasteiger partial charge in [0.05, 0.1) is 11.8 Å². The summed E-state index contributed by atoms with van der Waals surface area (Å²) < 4.78 is 0. The summed E-state index contributed by atoms with van der Waals surface area (Å²) in [4.78, 5) is 26.3. The van der Waals surface area contributed by atoms with Gasteiger partial charge in [-0.1, -0.05) is 13.8 Å². The normalized spacial score (nSPS) is 39.7. The zero-order valence-electron chi connectivity index (χ0n) is 11.4. The Hall–Kier alpha value is -0.900. The molecule has 2 saturated heterocycles. The molecule has 1 saturated carbocycles. The molecule has 0 aromatic rings. The van der Waals surface area contributed by atoms with Gasteiger partial charge in [-0.15, -0.1) is 0 Å². The van der Waals surface area contributed by atoms with Crippen LogP contribution in [0.25, 0.3) is 0 Å². The number of rotatable bonds is 2. The fourth-order valence-corrected chi connectivity index (χ4v) is 3.87. The van der Waals surface area contributed by atoms with Crippen LogP contribution in [0.15, 0.2) is 0 Å². The third-order valence-electron chi connectivity index (χ3n) is 5.26. The molecule has 3 rings (SSSR count). The van der Waals surface area contributed by atoms with E-state index in [0.717, 1.165) is 25.9 Å². The molecule has 4 unspecified atom stereocenters. The van der Waals surface area contributed by atoms with Crippen molar-refractivity contribution in [2.45, 2.75) is 39.7 Å². The van der Waals surface area contributed by atoms with Gasteiger partial charge < -0.3 is 5.32 Å². The van der Waals surface area contributed by atoms with Gasteiger partial charge >= 0.3 is 0 Å². The summed E-state index contributed by atoms with van der Waals surface area (Å²) >= 11 is 0. The van der Waals surface area contributed by atoms with Gasteiger partial charge in [0.15, 0.2) is 0 Å². The number of likely N-dealkylation sites (tertiary alicyclic amines) is 1. The van der Waals surface area contributed by atoms with Gasteiger partial charge in [0.1, 0.15) is 0 Å². The molecule has 0 radical (unpaired) electrons. The van der Waals surface area contributed by atoms with E-state index in [9.17, 15) is 9.59 Å².